The number of benzene rings is 2. The number of rotatable bonds is 6. The number of nitrogens with zero attached hydrogens (tertiary/aromatic N) is 2. The van der Waals surface area contributed by atoms with Gasteiger partial charge in [-0.25, -0.2) is 9.37 Å². The van der Waals surface area contributed by atoms with Crippen molar-refractivity contribution in [1.29, 1.82) is 0 Å². The van der Waals surface area contributed by atoms with Crippen molar-refractivity contribution in [2.45, 2.75) is 10.9 Å². The maximum atomic E-state index is 12.9. The fourth-order valence-corrected chi connectivity index (χ4v) is 4.03. The summed E-state index contributed by atoms with van der Waals surface area (Å²) >= 11 is 2.98. The Labute approximate surface area is 154 Å². The second-order valence-corrected chi connectivity index (χ2v) is 7.61. The van der Waals surface area contributed by atoms with Crippen LogP contribution in [0, 0.1) is 5.82 Å². The number of carbonyl (C=O) groups is 1. The number of thiazole rings is 1. The minimum absolute atomic E-state index is 0.0192. The van der Waals surface area contributed by atoms with Crippen LogP contribution in [0.2, 0.25) is 0 Å². The quantitative estimate of drug-likeness (QED) is 0.588. The van der Waals surface area contributed by atoms with Crippen molar-refractivity contribution in [2.75, 3.05) is 12.8 Å². The van der Waals surface area contributed by atoms with E-state index in [0.717, 1.165) is 21.2 Å². The van der Waals surface area contributed by atoms with Gasteiger partial charge in [0.1, 0.15) is 5.82 Å². The number of thioether (sulfide) groups is 1. The molecule has 3 aromatic rings. The molecule has 128 valence electrons. The van der Waals surface area contributed by atoms with E-state index in [0.29, 0.717) is 12.3 Å². The predicted octanol–water partition coefficient (Wildman–Crippen LogP) is 4.70. The summed E-state index contributed by atoms with van der Waals surface area (Å²) in [4.78, 5) is 18.5. The zero-order valence-corrected chi connectivity index (χ0v) is 15.3. The summed E-state index contributed by atoms with van der Waals surface area (Å²) in [6.45, 7) is 0.465. The van der Waals surface area contributed by atoms with Gasteiger partial charge in [-0.15, -0.1) is 11.3 Å². The van der Waals surface area contributed by atoms with Crippen LogP contribution >= 0.6 is 23.1 Å². The lowest BCUT2D eigenvalue weighted by atomic mass is 10.2. The molecule has 0 aliphatic heterocycles. The lowest BCUT2D eigenvalue weighted by Gasteiger charge is -2.16. The van der Waals surface area contributed by atoms with Crippen LogP contribution in [-0.4, -0.2) is 28.6 Å². The first kappa shape index (κ1) is 17.6. The molecule has 0 aliphatic carbocycles. The van der Waals surface area contributed by atoms with Gasteiger partial charge in [-0.05, 0) is 17.7 Å². The average molecular weight is 372 g/mol. The zero-order valence-electron chi connectivity index (χ0n) is 13.7. The van der Waals surface area contributed by atoms with E-state index in [9.17, 15) is 9.18 Å². The van der Waals surface area contributed by atoms with Crippen molar-refractivity contribution in [3.8, 4) is 11.3 Å². The van der Waals surface area contributed by atoms with Crippen molar-refractivity contribution in [3.05, 3.63) is 71.4 Å². The molecule has 25 heavy (non-hydrogen) atoms. The standard InChI is InChI=1S/C19H17FN2OS2/c1-22(11-14-7-9-16(20)10-8-14)18(23)13-25-19-21-17(12-24-19)15-5-3-2-4-6-15/h2-10,12H,11,13H2,1H3. The SMILES string of the molecule is CN(Cc1ccc(F)cc1)C(=O)CSc1nc(-c2ccccc2)cs1. The van der Waals surface area contributed by atoms with Crippen LogP contribution in [0.3, 0.4) is 0 Å². The molecule has 1 aromatic heterocycles. The van der Waals surface area contributed by atoms with Crippen LogP contribution < -0.4 is 0 Å². The normalized spacial score (nSPS) is 10.6. The molecule has 3 nitrogen and oxygen atoms in total. The van der Waals surface area contributed by atoms with Crippen LogP contribution in [0.25, 0.3) is 11.3 Å². The number of hydrogen-bond acceptors (Lipinski definition) is 4. The van der Waals surface area contributed by atoms with E-state index in [1.165, 1.54) is 23.9 Å². The second-order valence-electron chi connectivity index (χ2n) is 5.53. The van der Waals surface area contributed by atoms with E-state index in [1.54, 1.807) is 35.4 Å². The Morgan fingerprint density at radius 1 is 1.16 bits per heavy atom. The van der Waals surface area contributed by atoms with E-state index in [1.807, 2.05) is 35.7 Å². The Morgan fingerprint density at radius 2 is 1.88 bits per heavy atom. The molecular formula is C19H17FN2OS2. The van der Waals surface area contributed by atoms with Gasteiger partial charge in [0.2, 0.25) is 5.91 Å². The third-order valence-electron chi connectivity index (χ3n) is 3.63. The minimum atomic E-state index is -0.272. The third-order valence-corrected chi connectivity index (χ3v) is 5.64. The number of aromatic nitrogens is 1. The van der Waals surface area contributed by atoms with Crippen LogP contribution in [-0.2, 0) is 11.3 Å². The first-order valence-corrected chi connectivity index (χ1v) is 9.60. The van der Waals surface area contributed by atoms with Gasteiger partial charge in [0, 0.05) is 24.5 Å². The highest BCUT2D eigenvalue weighted by Gasteiger charge is 2.12. The Hall–Kier alpha value is -2.18. The number of carbonyl (C=O) groups excluding carboxylic acids is 1. The summed E-state index contributed by atoms with van der Waals surface area (Å²) in [6, 6.07) is 16.2. The van der Waals surface area contributed by atoms with Crippen LogP contribution in [0.15, 0.2) is 64.3 Å². The lowest BCUT2D eigenvalue weighted by Crippen LogP contribution is -2.27. The number of amides is 1. The van der Waals surface area contributed by atoms with E-state index in [2.05, 4.69) is 4.98 Å². The summed E-state index contributed by atoms with van der Waals surface area (Å²) in [7, 11) is 1.75. The maximum absolute atomic E-state index is 12.9. The Balaban J connectivity index is 1.53. The fourth-order valence-electron chi connectivity index (χ4n) is 2.25. The molecule has 0 N–H and O–H groups in total. The van der Waals surface area contributed by atoms with Crippen molar-refractivity contribution in [1.82, 2.24) is 9.88 Å². The molecule has 0 saturated heterocycles. The summed E-state index contributed by atoms with van der Waals surface area (Å²) in [6.07, 6.45) is 0. The van der Waals surface area contributed by atoms with Gasteiger partial charge in [0.25, 0.3) is 0 Å². The molecule has 0 unspecified atom stereocenters. The van der Waals surface area contributed by atoms with Gasteiger partial charge in [-0.1, -0.05) is 54.2 Å². The third kappa shape index (κ3) is 4.90. The Morgan fingerprint density at radius 3 is 2.60 bits per heavy atom. The largest absolute Gasteiger partial charge is 0.341 e. The molecule has 0 aliphatic rings. The molecule has 0 bridgehead atoms. The molecule has 0 fully saturated rings. The first-order chi connectivity index (χ1) is 12.1. The van der Waals surface area contributed by atoms with Gasteiger partial charge in [0.15, 0.2) is 4.34 Å². The molecular weight excluding hydrogens is 355 g/mol. The Bertz CT molecular complexity index is 834. The van der Waals surface area contributed by atoms with Gasteiger partial charge in [-0.3, -0.25) is 4.79 Å². The van der Waals surface area contributed by atoms with Crippen LogP contribution in [0.1, 0.15) is 5.56 Å². The molecule has 2 aromatic carbocycles. The predicted molar refractivity (Wildman–Crippen MR) is 101 cm³/mol. The van der Waals surface area contributed by atoms with E-state index in [4.69, 9.17) is 0 Å². The highest BCUT2D eigenvalue weighted by Crippen LogP contribution is 2.28. The van der Waals surface area contributed by atoms with Gasteiger partial charge >= 0.3 is 0 Å². The molecule has 3 rings (SSSR count). The fraction of sp³-hybridized carbons (Fsp3) is 0.158. The highest BCUT2D eigenvalue weighted by molar-refractivity contribution is 8.01. The Kier molecular flexibility index (Phi) is 5.83. The highest BCUT2D eigenvalue weighted by atomic mass is 32.2. The number of hydrogen-bond donors (Lipinski definition) is 0. The van der Waals surface area contributed by atoms with Crippen molar-refractivity contribution in [3.63, 3.8) is 0 Å². The molecule has 0 radical (unpaired) electrons. The monoisotopic (exact) mass is 372 g/mol. The summed E-state index contributed by atoms with van der Waals surface area (Å²) < 4.78 is 13.8. The molecule has 0 spiro atoms. The first-order valence-electron chi connectivity index (χ1n) is 7.74. The van der Waals surface area contributed by atoms with Gasteiger partial charge < -0.3 is 4.90 Å². The molecule has 0 atom stereocenters. The van der Waals surface area contributed by atoms with Gasteiger partial charge in [0.05, 0.1) is 11.4 Å². The average Bonchev–Trinajstić information content (AvgIpc) is 3.11. The smallest absolute Gasteiger partial charge is 0.233 e. The summed E-state index contributed by atoms with van der Waals surface area (Å²) in [5, 5.41) is 2.00. The van der Waals surface area contributed by atoms with Crippen molar-refractivity contribution < 1.29 is 9.18 Å². The number of halogens is 1. The summed E-state index contributed by atoms with van der Waals surface area (Å²) in [5.41, 5.74) is 2.91. The minimum Gasteiger partial charge on any atom is -0.341 e. The van der Waals surface area contributed by atoms with Crippen molar-refractivity contribution in [2.24, 2.45) is 0 Å². The zero-order chi connectivity index (χ0) is 17.6. The van der Waals surface area contributed by atoms with E-state index in [-0.39, 0.29) is 11.7 Å². The van der Waals surface area contributed by atoms with Gasteiger partial charge in [-0.2, -0.15) is 0 Å². The van der Waals surface area contributed by atoms with E-state index >= 15 is 0 Å². The molecule has 0 saturated carbocycles. The molecule has 1 amide bonds. The molecule has 6 heteroatoms. The topological polar surface area (TPSA) is 33.2 Å². The van der Waals surface area contributed by atoms with Crippen molar-refractivity contribution >= 4 is 29.0 Å². The maximum Gasteiger partial charge on any atom is 0.233 e. The second kappa shape index (κ2) is 8.27. The van der Waals surface area contributed by atoms with E-state index < -0.39 is 0 Å². The van der Waals surface area contributed by atoms with Crippen LogP contribution in [0.4, 0.5) is 4.39 Å². The molecule has 1 heterocycles. The summed E-state index contributed by atoms with van der Waals surface area (Å²) in [5.74, 6) is 0.0801. The van der Waals surface area contributed by atoms with Crippen LogP contribution in [0.5, 0.6) is 0 Å². The lowest BCUT2D eigenvalue weighted by molar-refractivity contribution is -0.127.